The summed E-state index contributed by atoms with van der Waals surface area (Å²) in [6, 6.07) is 0. The standard InChI is InChI=1S/C5H9F3O4S/c1-13(9,10)12-4-2-3-11-5(6,7)8/h2-4H2,1H3. The van der Waals surface area contributed by atoms with Crippen molar-refractivity contribution in [1.82, 2.24) is 0 Å². The molecule has 0 aromatic carbocycles. The number of hydrogen-bond donors (Lipinski definition) is 0. The van der Waals surface area contributed by atoms with Gasteiger partial charge < -0.3 is 0 Å². The monoisotopic (exact) mass is 222 g/mol. The molecule has 0 aliphatic carbocycles. The van der Waals surface area contributed by atoms with Gasteiger partial charge in [-0.25, -0.2) is 0 Å². The smallest absolute Gasteiger partial charge is 0.292 e. The van der Waals surface area contributed by atoms with Crippen LogP contribution >= 0.6 is 0 Å². The average molecular weight is 222 g/mol. The van der Waals surface area contributed by atoms with Crippen LogP contribution in [-0.4, -0.2) is 34.2 Å². The van der Waals surface area contributed by atoms with E-state index in [9.17, 15) is 21.6 Å². The Morgan fingerprint density at radius 2 is 1.77 bits per heavy atom. The highest BCUT2D eigenvalue weighted by atomic mass is 32.2. The van der Waals surface area contributed by atoms with Crippen LogP contribution in [0.15, 0.2) is 0 Å². The van der Waals surface area contributed by atoms with E-state index < -0.39 is 23.1 Å². The highest BCUT2D eigenvalue weighted by Crippen LogP contribution is 2.15. The van der Waals surface area contributed by atoms with Crippen LogP contribution in [0.3, 0.4) is 0 Å². The lowest BCUT2D eigenvalue weighted by atomic mass is 10.5. The van der Waals surface area contributed by atoms with E-state index in [0.29, 0.717) is 0 Å². The summed E-state index contributed by atoms with van der Waals surface area (Å²) in [6.07, 6.45) is -3.99. The lowest BCUT2D eigenvalue weighted by Crippen LogP contribution is -2.15. The Kier molecular flexibility index (Phi) is 4.65. The van der Waals surface area contributed by atoms with E-state index >= 15 is 0 Å². The van der Waals surface area contributed by atoms with E-state index in [4.69, 9.17) is 0 Å². The molecule has 0 saturated heterocycles. The molecule has 0 fully saturated rings. The van der Waals surface area contributed by atoms with Crippen LogP contribution in [0.2, 0.25) is 0 Å². The van der Waals surface area contributed by atoms with E-state index in [0.717, 1.165) is 6.26 Å². The Balaban J connectivity index is 3.39. The first-order valence-electron chi connectivity index (χ1n) is 3.26. The van der Waals surface area contributed by atoms with Gasteiger partial charge in [0, 0.05) is 0 Å². The molecule has 0 spiro atoms. The maximum Gasteiger partial charge on any atom is 0.522 e. The fraction of sp³-hybridized carbons (Fsp3) is 1.00. The molecular formula is C5H9F3O4S. The van der Waals surface area contributed by atoms with Gasteiger partial charge in [0.2, 0.25) is 0 Å². The second-order valence-electron chi connectivity index (χ2n) is 2.17. The largest absolute Gasteiger partial charge is 0.522 e. The molecule has 0 atom stereocenters. The van der Waals surface area contributed by atoms with Gasteiger partial charge >= 0.3 is 6.36 Å². The van der Waals surface area contributed by atoms with Crippen molar-refractivity contribution in [1.29, 1.82) is 0 Å². The average Bonchev–Trinajstić information content (AvgIpc) is 1.81. The first kappa shape index (κ1) is 12.7. The second kappa shape index (κ2) is 4.77. The maximum absolute atomic E-state index is 11.3. The van der Waals surface area contributed by atoms with Gasteiger partial charge in [0.15, 0.2) is 0 Å². The Morgan fingerprint density at radius 1 is 1.23 bits per heavy atom. The Morgan fingerprint density at radius 3 is 2.15 bits per heavy atom. The molecule has 0 amide bonds. The predicted octanol–water partition coefficient (Wildman–Crippen LogP) is 0.889. The number of halogens is 3. The molecule has 0 aliphatic rings. The van der Waals surface area contributed by atoms with Crippen LogP contribution in [0, 0.1) is 0 Å². The van der Waals surface area contributed by atoms with Gasteiger partial charge in [0.25, 0.3) is 10.1 Å². The van der Waals surface area contributed by atoms with Crippen molar-refractivity contribution in [2.45, 2.75) is 12.8 Å². The molecule has 0 aliphatic heterocycles. The molecule has 0 N–H and O–H groups in total. The van der Waals surface area contributed by atoms with Crippen molar-refractivity contribution < 1.29 is 30.5 Å². The number of alkyl halides is 3. The summed E-state index contributed by atoms with van der Waals surface area (Å²) in [4.78, 5) is 0. The summed E-state index contributed by atoms with van der Waals surface area (Å²) in [5, 5.41) is 0. The summed E-state index contributed by atoms with van der Waals surface area (Å²) >= 11 is 0. The van der Waals surface area contributed by atoms with E-state index in [1.165, 1.54) is 0 Å². The molecule has 80 valence electrons. The van der Waals surface area contributed by atoms with E-state index in [1.807, 2.05) is 0 Å². The minimum atomic E-state index is -4.68. The first-order chi connectivity index (χ1) is 5.71. The minimum absolute atomic E-state index is 0.132. The van der Waals surface area contributed by atoms with Crippen LogP contribution in [0.4, 0.5) is 13.2 Å². The molecule has 0 bridgehead atoms. The van der Waals surface area contributed by atoms with Crippen molar-refractivity contribution in [3.8, 4) is 0 Å². The summed E-state index contributed by atoms with van der Waals surface area (Å²) < 4.78 is 62.2. The zero-order valence-electron chi connectivity index (χ0n) is 6.80. The summed E-state index contributed by atoms with van der Waals surface area (Å²) in [7, 11) is -3.58. The Labute approximate surface area is 73.8 Å². The van der Waals surface area contributed by atoms with Crippen LogP contribution in [-0.2, 0) is 19.0 Å². The third kappa shape index (κ3) is 11.7. The van der Waals surface area contributed by atoms with Gasteiger partial charge in [-0.3, -0.25) is 8.92 Å². The highest BCUT2D eigenvalue weighted by molar-refractivity contribution is 7.85. The number of hydrogen-bond acceptors (Lipinski definition) is 4. The number of ether oxygens (including phenoxy) is 1. The van der Waals surface area contributed by atoms with Crippen LogP contribution in [0.25, 0.3) is 0 Å². The van der Waals surface area contributed by atoms with Gasteiger partial charge in [0.1, 0.15) is 0 Å². The third-order valence-electron chi connectivity index (χ3n) is 0.852. The third-order valence-corrected chi connectivity index (χ3v) is 1.45. The SMILES string of the molecule is CS(=O)(=O)OCCCOC(F)(F)F. The number of rotatable bonds is 5. The fourth-order valence-corrected chi connectivity index (χ4v) is 0.878. The first-order valence-corrected chi connectivity index (χ1v) is 5.07. The summed E-state index contributed by atoms with van der Waals surface area (Å²) in [5.41, 5.74) is 0. The Hall–Kier alpha value is -0.340. The topological polar surface area (TPSA) is 52.6 Å². The van der Waals surface area contributed by atoms with Gasteiger partial charge in [-0.2, -0.15) is 8.42 Å². The van der Waals surface area contributed by atoms with Gasteiger partial charge in [-0.15, -0.1) is 13.2 Å². The zero-order valence-corrected chi connectivity index (χ0v) is 7.61. The molecule has 0 aromatic heterocycles. The van der Waals surface area contributed by atoms with Crippen LogP contribution in [0.5, 0.6) is 0 Å². The minimum Gasteiger partial charge on any atom is -0.292 e. The zero-order chi connectivity index (χ0) is 10.5. The van der Waals surface area contributed by atoms with Crippen LogP contribution in [0.1, 0.15) is 6.42 Å². The van der Waals surface area contributed by atoms with Gasteiger partial charge in [-0.1, -0.05) is 0 Å². The quantitative estimate of drug-likeness (QED) is 0.512. The molecule has 8 heteroatoms. The molecule has 0 aromatic rings. The summed E-state index contributed by atoms with van der Waals surface area (Å²) in [6.45, 7) is -0.923. The van der Waals surface area contributed by atoms with Gasteiger partial charge in [-0.05, 0) is 6.42 Å². The molecular weight excluding hydrogens is 213 g/mol. The lowest BCUT2D eigenvalue weighted by molar-refractivity contribution is -0.324. The Bertz CT molecular complexity index is 233. The van der Waals surface area contributed by atoms with Crippen molar-refractivity contribution >= 4 is 10.1 Å². The molecule has 0 heterocycles. The van der Waals surface area contributed by atoms with Crippen molar-refractivity contribution in [3.05, 3.63) is 0 Å². The molecule has 0 unspecified atom stereocenters. The normalized spacial score (nSPS) is 13.2. The molecule has 0 radical (unpaired) electrons. The molecule has 13 heavy (non-hydrogen) atoms. The fourth-order valence-electron chi connectivity index (χ4n) is 0.457. The van der Waals surface area contributed by atoms with E-state index in [-0.39, 0.29) is 13.0 Å². The lowest BCUT2D eigenvalue weighted by Gasteiger charge is -2.06. The van der Waals surface area contributed by atoms with Crippen molar-refractivity contribution in [2.75, 3.05) is 19.5 Å². The summed E-state index contributed by atoms with van der Waals surface area (Å²) in [5.74, 6) is 0. The van der Waals surface area contributed by atoms with E-state index in [2.05, 4.69) is 8.92 Å². The van der Waals surface area contributed by atoms with Crippen molar-refractivity contribution in [3.63, 3.8) is 0 Å². The molecule has 0 saturated carbocycles. The van der Waals surface area contributed by atoms with Gasteiger partial charge in [0.05, 0.1) is 19.5 Å². The predicted molar refractivity (Wildman–Crippen MR) is 37.4 cm³/mol. The second-order valence-corrected chi connectivity index (χ2v) is 3.82. The van der Waals surface area contributed by atoms with Crippen LogP contribution < -0.4 is 0 Å². The maximum atomic E-state index is 11.3. The molecule has 4 nitrogen and oxygen atoms in total. The van der Waals surface area contributed by atoms with E-state index in [1.54, 1.807) is 0 Å². The van der Waals surface area contributed by atoms with Crippen molar-refractivity contribution in [2.24, 2.45) is 0 Å². The highest BCUT2D eigenvalue weighted by Gasteiger charge is 2.28. The molecule has 0 rings (SSSR count).